The molecule has 2 nitrogen and oxygen atoms in total. The summed E-state index contributed by atoms with van der Waals surface area (Å²) in [7, 11) is 0. The molecule has 0 bridgehead atoms. The molecule has 72 valence electrons. The van der Waals surface area contributed by atoms with Crippen LogP contribution in [-0.2, 0) is 6.42 Å². The maximum Gasteiger partial charge on any atom is 0.187 e. The number of ether oxygens (including phenoxy) is 1. The minimum atomic E-state index is -0.389. The Morgan fingerprint density at radius 3 is 2.85 bits per heavy atom. The van der Waals surface area contributed by atoms with Crippen molar-refractivity contribution < 1.29 is 4.74 Å². The fourth-order valence-electron chi connectivity index (χ4n) is 1.34. The third-order valence-corrected chi connectivity index (χ3v) is 2.42. The van der Waals surface area contributed by atoms with Crippen LogP contribution in [0.3, 0.4) is 0 Å². The van der Waals surface area contributed by atoms with Gasteiger partial charge in [-0.25, -0.2) is 0 Å². The zero-order chi connectivity index (χ0) is 8.55. The molecule has 0 spiro atoms. The molecule has 13 heavy (non-hydrogen) atoms. The van der Waals surface area contributed by atoms with E-state index in [2.05, 4.69) is 0 Å². The summed E-state index contributed by atoms with van der Waals surface area (Å²) in [5.74, 6) is 0.860. The molecular weight excluding hydrogens is 209 g/mol. The van der Waals surface area contributed by atoms with Gasteiger partial charge in [0.25, 0.3) is 0 Å². The average molecular weight is 220 g/mol. The quantitative estimate of drug-likeness (QED) is 0.678. The van der Waals surface area contributed by atoms with Crippen molar-refractivity contribution in [1.29, 1.82) is 0 Å². The van der Waals surface area contributed by atoms with E-state index in [9.17, 15) is 0 Å². The zero-order valence-electron chi connectivity index (χ0n) is 6.94. The first kappa shape index (κ1) is 10.6. The van der Waals surface area contributed by atoms with Crippen LogP contribution in [-0.4, -0.2) is 11.6 Å². The largest absolute Gasteiger partial charge is 0.473 e. The number of nitrogens with two attached hydrogens (primary N) is 1. The SMILES string of the molecule is Cl.NC1Cc2ccccc2OC1Cl. The van der Waals surface area contributed by atoms with Gasteiger partial charge in [-0.2, -0.15) is 0 Å². The molecule has 2 rings (SSSR count). The van der Waals surface area contributed by atoms with Crippen LogP contribution < -0.4 is 10.5 Å². The Morgan fingerprint density at radius 2 is 2.08 bits per heavy atom. The molecule has 1 aromatic rings. The number of hydrogen-bond acceptors (Lipinski definition) is 2. The van der Waals surface area contributed by atoms with Crippen LogP contribution in [0.25, 0.3) is 0 Å². The minimum absolute atomic E-state index is 0. The van der Waals surface area contributed by atoms with Crippen LogP contribution in [0.1, 0.15) is 5.56 Å². The highest BCUT2D eigenvalue weighted by molar-refractivity contribution is 6.20. The van der Waals surface area contributed by atoms with Crippen LogP contribution in [0.15, 0.2) is 24.3 Å². The Morgan fingerprint density at radius 1 is 1.38 bits per heavy atom. The van der Waals surface area contributed by atoms with E-state index in [1.54, 1.807) is 0 Å². The zero-order valence-corrected chi connectivity index (χ0v) is 8.52. The van der Waals surface area contributed by atoms with Gasteiger partial charge in [0.05, 0.1) is 6.04 Å². The van der Waals surface area contributed by atoms with Crippen LogP contribution in [0.4, 0.5) is 0 Å². The third-order valence-electron chi connectivity index (χ3n) is 2.00. The van der Waals surface area contributed by atoms with E-state index in [1.807, 2.05) is 24.3 Å². The monoisotopic (exact) mass is 219 g/mol. The summed E-state index contributed by atoms with van der Waals surface area (Å²) in [4.78, 5) is 0. The van der Waals surface area contributed by atoms with Crippen molar-refractivity contribution in [2.75, 3.05) is 0 Å². The van der Waals surface area contributed by atoms with Crippen molar-refractivity contribution in [3.8, 4) is 5.75 Å². The Balaban J connectivity index is 0.000000845. The van der Waals surface area contributed by atoms with Gasteiger partial charge in [-0.1, -0.05) is 29.8 Å². The van der Waals surface area contributed by atoms with E-state index < -0.39 is 0 Å². The molecule has 1 aromatic carbocycles. The number of alkyl halides is 1. The number of halogens is 2. The van der Waals surface area contributed by atoms with Crippen molar-refractivity contribution in [2.24, 2.45) is 5.73 Å². The molecule has 0 saturated heterocycles. The Labute approximate surface area is 88.4 Å². The number of para-hydroxylation sites is 1. The number of rotatable bonds is 0. The van der Waals surface area contributed by atoms with Crippen molar-refractivity contribution >= 4 is 24.0 Å². The minimum Gasteiger partial charge on any atom is -0.473 e. The third kappa shape index (κ3) is 2.08. The smallest absolute Gasteiger partial charge is 0.187 e. The van der Waals surface area contributed by atoms with Gasteiger partial charge in [-0.15, -0.1) is 12.4 Å². The van der Waals surface area contributed by atoms with E-state index in [1.165, 1.54) is 0 Å². The summed E-state index contributed by atoms with van der Waals surface area (Å²) in [6.07, 6.45) is 0.796. The summed E-state index contributed by atoms with van der Waals surface area (Å²) in [6.45, 7) is 0. The van der Waals surface area contributed by atoms with E-state index >= 15 is 0 Å². The van der Waals surface area contributed by atoms with E-state index in [-0.39, 0.29) is 24.0 Å². The topological polar surface area (TPSA) is 35.2 Å². The molecular formula is C9H11Cl2NO. The lowest BCUT2D eigenvalue weighted by molar-refractivity contribution is 0.225. The highest BCUT2D eigenvalue weighted by atomic mass is 35.5. The summed E-state index contributed by atoms with van der Waals surface area (Å²) in [5.41, 5.74) is 6.49. The van der Waals surface area contributed by atoms with E-state index in [0.29, 0.717) is 0 Å². The van der Waals surface area contributed by atoms with Crippen molar-refractivity contribution in [3.63, 3.8) is 0 Å². The van der Waals surface area contributed by atoms with Gasteiger partial charge in [0, 0.05) is 0 Å². The lowest BCUT2D eigenvalue weighted by atomic mass is 10.0. The second kappa shape index (κ2) is 4.18. The summed E-state index contributed by atoms with van der Waals surface area (Å²) in [5, 5.41) is 0. The normalized spacial score (nSPS) is 25.4. The number of benzene rings is 1. The molecule has 0 saturated carbocycles. The summed E-state index contributed by atoms with van der Waals surface area (Å²) >= 11 is 5.85. The molecule has 2 atom stereocenters. The van der Waals surface area contributed by atoms with Gasteiger partial charge < -0.3 is 10.5 Å². The summed E-state index contributed by atoms with van der Waals surface area (Å²) in [6, 6.07) is 7.73. The van der Waals surface area contributed by atoms with Crippen LogP contribution >= 0.6 is 24.0 Å². The fraction of sp³-hybridized carbons (Fsp3) is 0.333. The van der Waals surface area contributed by atoms with Crippen LogP contribution in [0.2, 0.25) is 0 Å². The van der Waals surface area contributed by atoms with Crippen LogP contribution in [0, 0.1) is 0 Å². The molecule has 0 aliphatic carbocycles. The number of fused-ring (bicyclic) bond motifs is 1. The second-order valence-corrected chi connectivity index (χ2v) is 3.37. The fourth-order valence-corrected chi connectivity index (χ4v) is 1.53. The Bertz CT molecular complexity index is 264. The van der Waals surface area contributed by atoms with E-state index in [0.717, 1.165) is 17.7 Å². The molecule has 1 aliphatic rings. The van der Waals surface area contributed by atoms with Gasteiger partial charge in [0.2, 0.25) is 0 Å². The number of hydrogen-bond donors (Lipinski definition) is 1. The molecule has 4 heteroatoms. The lowest BCUT2D eigenvalue weighted by Gasteiger charge is -2.26. The maximum atomic E-state index is 5.85. The Hall–Kier alpha value is -0.440. The van der Waals surface area contributed by atoms with Gasteiger partial charge in [-0.05, 0) is 18.1 Å². The first-order chi connectivity index (χ1) is 5.77. The van der Waals surface area contributed by atoms with Crippen molar-refractivity contribution in [2.45, 2.75) is 18.0 Å². The molecule has 0 amide bonds. The standard InChI is InChI=1S/C9H10ClNO.ClH/c10-9-7(11)5-6-3-1-2-4-8(6)12-9;/h1-4,7,9H,5,11H2;1H. The van der Waals surface area contributed by atoms with Gasteiger partial charge >= 0.3 is 0 Å². The highest BCUT2D eigenvalue weighted by Crippen LogP contribution is 2.27. The van der Waals surface area contributed by atoms with Gasteiger partial charge in [-0.3, -0.25) is 0 Å². The first-order valence-electron chi connectivity index (χ1n) is 3.91. The molecule has 1 aliphatic heterocycles. The average Bonchev–Trinajstić information content (AvgIpc) is 2.07. The molecule has 2 N–H and O–H groups in total. The molecule has 2 unspecified atom stereocenters. The Kier molecular flexibility index (Phi) is 3.42. The molecule has 0 fully saturated rings. The predicted octanol–water partition coefficient (Wildman–Crippen LogP) is 1.94. The molecule has 1 heterocycles. The van der Waals surface area contributed by atoms with Gasteiger partial charge in [0.15, 0.2) is 5.56 Å². The summed E-state index contributed by atoms with van der Waals surface area (Å²) < 4.78 is 5.38. The first-order valence-corrected chi connectivity index (χ1v) is 4.35. The maximum absolute atomic E-state index is 5.85. The van der Waals surface area contributed by atoms with E-state index in [4.69, 9.17) is 22.1 Å². The second-order valence-electron chi connectivity index (χ2n) is 2.94. The van der Waals surface area contributed by atoms with Crippen LogP contribution in [0.5, 0.6) is 5.75 Å². The van der Waals surface area contributed by atoms with Crippen molar-refractivity contribution in [1.82, 2.24) is 0 Å². The lowest BCUT2D eigenvalue weighted by Crippen LogP contribution is -2.40. The highest BCUT2D eigenvalue weighted by Gasteiger charge is 2.24. The van der Waals surface area contributed by atoms with Gasteiger partial charge in [0.1, 0.15) is 5.75 Å². The molecule has 0 aromatic heterocycles. The van der Waals surface area contributed by atoms with Crippen molar-refractivity contribution in [3.05, 3.63) is 29.8 Å². The molecule has 0 radical (unpaired) electrons. The predicted molar refractivity (Wildman–Crippen MR) is 55.6 cm³/mol.